The van der Waals surface area contributed by atoms with Gasteiger partial charge in [-0.3, -0.25) is 4.90 Å². The van der Waals surface area contributed by atoms with E-state index in [4.69, 9.17) is 26.8 Å². The van der Waals surface area contributed by atoms with Crippen LogP contribution in [0.3, 0.4) is 0 Å². The first-order valence-corrected chi connectivity index (χ1v) is 11.1. The van der Waals surface area contributed by atoms with Gasteiger partial charge in [-0.1, -0.05) is 29.8 Å². The van der Waals surface area contributed by atoms with Crippen molar-refractivity contribution >= 4 is 17.5 Å². The van der Waals surface area contributed by atoms with Crippen LogP contribution in [0.4, 0.5) is 14.7 Å². The molecule has 0 radical (unpaired) electrons. The number of halogens is 3. The number of para-hydroxylation sites is 1. The lowest BCUT2D eigenvalue weighted by atomic mass is 10.0. The number of aliphatic hydroxyl groups excluding tert-OH is 1. The van der Waals surface area contributed by atoms with E-state index in [1.807, 2.05) is 24.3 Å². The summed E-state index contributed by atoms with van der Waals surface area (Å²) in [6, 6.07) is 8.77. The lowest BCUT2D eigenvalue weighted by Gasteiger charge is -2.34. The highest BCUT2D eigenvalue weighted by molar-refractivity contribution is 6.29. The van der Waals surface area contributed by atoms with Crippen LogP contribution in [-0.2, 0) is 11.2 Å². The number of rotatable bonds is 9. The average molecular weight is 495 g/mol. The molecule has 3 heterocycles. The number of nitrogen functional groups attached to an aromatic ring is 1. The molecule has 1 aliphatic heterocycles. The van der Waals surface area contributed by atoms with Gasteiger partial charge in [0.15, 0.2) is 0 Å². The van der Waals surface area contributed by atoms with Crippen molar-refractivity contribution in [2.24, 2.45) is 0 Å². The number of anilines is 1. The second-order valence-corrected chi connectivity index (χ2v) is 8.16. The average Bonchev–Trinajstić information content (AvgIpc) is 3.24. The third kappa shape index (κ3) is 5.79. The van der Waals surface area contributed by atoms with Gasteiger partial charge in [0.1, 0.15) is 23.2 Å². The fraction of sp³-hybridized carbons (Fsp3) is 0.409. The first-order chi connectivity index (χ1) is 16.4. The number of ether oxygens (including phenoxy) is 2. The fourth-order valence-corrected chi connectivity index (χ4v) is 4.04. The number of morpholine rings is 1. The summed E-state index contributed by atoms with van der Waals surface area (Å²) in [7, 11) is 0. The van der Waals surface area contributed by atoms with Crippen molar-refractivity contribution in [3.05, 3.63) is 52.8 Å². The number of hydrogen-bond acceptors (Lipinski definition) is 8. The maximum absolute atomic E-state index is 13.4. The van der Waals surface area contributed by atoms with E-state index in [1.54, 1.807) is 0 Å². The van der Waals surface area contributed by atoms with E-state index in [0.717, 1.165) is 12.1 Å². The highest BCUT2D eigenvalue weighted by Gasteiger charge is 2.22. The Balaban J connectivity index is 1.54. The molecule has 9 nitrogen and oxygen atoms in total. The number of nitrogens with zero attached hydrogens (tertiary/aromatic N) is 5. The van der Waals surface area contributed by atoms with Crippen LogP contribution in [0.1, 0.15) is 17.7 Å². The normalized spacial score (nSPS) is 16.8. The summed E-state index contributed by atoms with van der Waals surface area (Å²) in [4.78, 5) is 10.1. The van der Waals surface area contributed by atoms with Crippen LogP contribution in [0, 0.1) is 0 Å². The second-order valence-electron chi connectivity index (χ2n) is 7.77. The summed E-state index contributed by atoms with van der Waals surface area (Å²) >= 11 is 5.99. The zero-order valence-corrected chi connectivity index (χ0v) is 19.0. The molecule has 1 unspecified atom stereocenters. The number of hydrogen-bond donors (Lipinski definition) is 2. The number of aliphatic hydroxyl groups is 1. The minimum atomic E-state index is -2.82. The van der Waals surface area contributed by atoms with Crippen LogP contribution in [0.2, 0.25) is 5.15 Å². The van der Waals surface area contributed by atoms with Crippen molar-refractivity contribution in [2.45, 2.75) is 19.0 Å². The van der Waals surface area contributed by atoms with Crippen LogP contribution >= 0.6 is 11.6 Å². The predicted octanol–water partition coefficient (Wildman–Crippen LogP) is 2.63. The van der Waals surface area contributed by atoms with Crippen LogP contribution < -0.4 is 10.5 Å². The van der Waals surface area contributed by atoms with E-state index in [2.05, 4.69) is 20.0 Å². The Bertz CT molecular complexity index is 1100. The molecular weight excluding hydrogens is 470 g/mol. The number of benzene rings is 1. The van der Waals surface area contributed by atoms with E-state index in [1.165, 1.54) is 12.3 Å². The molecule has 1 fully saturated rings. The van der Waals surface area contributed by atoms with E-state index < -0.39 is 6.55 Å². The fourth-order valence-electron chi connectivity index (χ4n) is 3.85. The van der Waals surface area contributed by atoms with Crippen LogP contribution in [-0.4, -0.2) is 75.3 Å². The van der Waals surface area contributed by atoms with Crippen molar-refractivity contribution in [1.82, 2.24) is 24.6 Å². The quantitative estimate of drug-likeness (QED) is 0.437. The lowest BCUT2D eigenvalue weighted by molar-refractivity contribution is -0.0313. The third-order valence-corrected chi connectivity index (χ3v) is 5.71. The summed E-state index contributed by atoms with van der Waals surface area (Å²) in [6.07, 6.45) is 1.55. The van der Waals surface area contributed by atoms with Gasteiger partial charge in [0, 0.05) is 37.3 Å². The molecule has 1 aliphatic rings. The minimum absolute atomic E-state index is 0.0189. The molecule has 0 aliphatic carbocycles. The zero-order valence-electron chi connectivity index (χ0n) is 18.3. The summed E-state index contributed by atoms with van der Waals surface area (Å²) < 4.78 is 38.9. The largest absolute Gasteiger partial charge is 0.492 e. The Morgan fingerprint density at radius 3 is 2.85 bits per heavy atom. The highest BCUT2D eigenvalue weighted by atomic mass is 35.5. The van der Waals surface area contributed by atoms with Gasteiger partial charge >= 0.3 is 6.55 Å². The predicted molar refractivity (Wildman–Crippen MR) is 122 cm³/mol. The molecule has 1 aromatic carbocycles. The van der Waals surface area contributed by atoms with Gasteiger partial charge in [0.2, 0.25) is 5.95 Å². The number of nitrogens with two attached hydrogens (primary N) is 1. The Morgan fingerprint density at radius 1 is 1.26 bits per heavy atom. The molecule has 1 saturated heterocycles. The van der Waals surface area contributed by atoms with Gasteiger partial charge in [-0.15, -0.1) is 0 Å². The number of alkyl halides is 2. The van der Waals surface area contributed by atoms with Gasteiger partial charge in [0.05, 0.1) is 31.6 Å². The molecule has 182 valence electrons. The first-order valence-electron chi connectivity index (χ1n) is 10.7. The van der Waals surface area contributed by atoms with Crippen molar-refractivity contribution in [3.8, 4) is 17.1 Å². The molecule has 34 heavy (non-hydrogen) atoms. The van der Waals surface area contributed by atoms with Crippen LogP contribution in [0.25, 0.3) is 11.4 Å². The van der Waals surface area contributed by atoms with E-state index >= 15 is 0 Å². The van der Waals surface area contributed by atoms with Gasteiger partial charge < -0.3 is 20.3 Å². The molecular formula is C22H25ClF2N6O3. The monoisotopic (exact) mass is 494 g/mol. The topological polar surface area (TPSA) is 112 Å². The zero-order chi connectivity index (χ0) is 24.1. The smallest absolute Gasteiger partial charge is 0.333 e. The number of aromatic nitrogens is 4. The molecule has 3 N–H and O–H groups in total. The van der Waals surface area contributed by atoms with Crippen molar-refractivity contribution in [2.75, 3.05) is 45.3 Å². The van der Waals surface area contributed by atoms with Crippen LogP contribution in [0.5, 0.6) is 5.75 Å². The first kappa shape index (κ1) is 24.3. The Labute approximate surface area is 200 Å². The SMILES string of the molecule is Nc1nc(Cl)cc(-c2nn(C(F)F)cc2Cc2ccccc2OCCN2CCOCC2CO)n1. The molecule has 0 amide bonds. The maximum Gasteiger partial charge on any atom is 0.333 e. The van der Waals surface area contributed by atoms with Crippen molar-refractivity contribution in [3.63, 3.8) is 0 Å². The third-order valence-electron chi connectivity index (χ3n) is 5.51. The van der Waals surface area contributed by atoms with E-state index in [9.17, 15) is 13.9 Å². The van der Waals surface area contributed by atoms with Gasteiger partial charge in [-0.2, -0.15) is 13.9 Å². The molecule has 0 spiro atoms. The maximum atomic E-state index is 13.4. The minimum Gasteiger partial charge on any atom is -0.492 e. The summed E-state index contributed by atoms with van der Waals surface area (Å²) in [5, 5.41) is 13.6. The molecule has 4 rings (SSSR count). The summed E-state index contributed by atoms with van der Waals surface area (Å²) in [5.74, 6) is 0.556. The molecule has 1 atom stereocenters. The molecule has 3 aromatic rings. The molecule has 2 aromatic heterocycles. The van der Waals surface area contributed by atoms with Crippen molar-refractivity contribution < 1.29 is 23.4 Å². The second kappa shape index (κ2) is 11.0. The highest BCUT2D eigenvalue weighted by Crippen LogP contribution is 2.29. The standard InChI is InChI=1S/C22H25ClF2N6O3/c23-19-10-17(27-22(26)28-19)20-15(11-31(29-20)21(24)25)9-14-3-1-2-4-18(14)34-8-6-30-5-7-33-13-16(30)12-32/h1-4,10-11,16,21,32H,5-9,12-13H2,(H2,26,27,28). The van der Waals surface area contributed by atoms with Gasteiger partial charge in [-0.25, -0.2) is 14.6 Å². The Morgan fingerprint density at radius 2 is 2.09 bits per heavy atom. The Hall–Kier alpha value is -2.86. The van der Waals surface area contributed by atoms with Gasteiger partial charge in [0.25, 0.3) is 0 Å². The van der Waals surface area contributed by atoms with E-state index in [0.29, 0.717) is 42.4 Å². The Kier molecular flexibility index (Phi) is 7.88. The molecule has 0 bridgehead atoms. The summed E-state index contributed by atoms with van der Waals surface area (Å²) in [6.45, 7) is 0.0394. The molecule has 12 heteroatoms. The summed E-state index contributed by atoms with van der Waals surface area (Å²) in [5.41, 5.74) is 7.50. The van der Waals surface area contributed by atoms with E-state index in [-0.39, 0.29) is 41.6 Å². The molecule has 0 saturated carbocycles. The van der Waals surface area contributed by atoms with Crippen LogP contribution in [0.15, 0.2) is 36.5 Å². The van der Waals surface area contributed by atoms with Gasteiger partial charge in [-0.05, 0) is 11.6 Å². The lowest BCUT2D eigenvalue weighted by Crippen LogP contribution is -2.48. The van der Waals surface area contributed by atoms with Crippen molar-refractivity contribution in [1.29, 1.82) is 0 Å².